The Balaban J connectivity index is 3.85. The van der Waals surface area contributed by atoms with E-state index in [1.165, 1.54) is 0 Å². The van der Waals surface area contributed by atoms with Crippen LogP contribution in [0.4, 0.5) is 0 Å². The first-order valence-corrected chi connectivity index (χ1v) is 4.64. The molecule has 4 N–H and O–H groups in total. The van der Waals surface area contributed by atoms with Crippen LogP contribution in [0.3, 0.4) is 0 Å². The van der Waals surface area contributed by atoms with Gasteiger partial charge >= 0.3 is 0 Å². The largest absolute Gasteiger partial charge is 0.396 e. The Morgan fingerprint density at radius 2 is 1.54 bits per heavy atom. The van der Waals surface area contributed by atoms with Crippen molar-refractivity contribution in [2.75, 3.05) is 6.61 Å². The smallest absolute Gasteiger partial charge is 0.106 e. The molecule has 0 aliphatic carbocycles. The average molecular weight is 192 g/mol. The maximum absolute atomic E-state index is 9.39. The number of hydrogen-bond acceptors (Lipinski definition) is 4. The highest BCUT2D eigenvalue weighted by Gasteiger charge is 2.24. The summed E-state index contributed by atoms with van der Waals surface area (Å²) in [6, 6.07) is 0. The lowest BCUT2D eigenvalue weighted by atomic mass is 9.97. The maximum atomic E-state index is 9.39. The van der Waals surface area contributed by atoms with Gasteiger partial charge in [-0.3, -0.25) is 0 Å². The van der Waals surface area contributed by atoms with Crippen LogP contribution in [0.2, 0.25) is 0 Å². The summed E-state index contributed by atoms with van der Waals surface area (Å²) in [5.74, 6) is 0.269. The van der Waals surface area contributed by atoms with E-state index in [9.17, 15) is 15.3 Å². The summed E-state index contributed by atoms with van der Waals surface area (Å²) in [6.45, 7) is 3.66. The second-order valence-electron chi connectivity index (χ2n) is 3.77. The fourth-order valence-electron chi connectivity index (χ4n) is 1.18. The van der Waals surface area contributed by atoms with Crippen molar-refractivity contribution < 1.29 is 20.4 Å². The van der Waals surface area contributed by atoms with Gasteiger partial charge in [0.2, 0.25) is 0 Å². The Kier molecular flexibility index (Phi) is 6.24. The van der Waals surface area contributed by atoms with Crippen LogP contribution < -0.4 is 0 Å². The molecule has 4 nitrogen and oxygen atoms in total. The molecule has 0 aromatic rings. The van der Waals surface area contributed by atoms with Crippen molar-refractivity contribution in [1.82, 2.24) is 0 Å². The van der Waals surface area contributed by atoms with Crippen LogP contribution in [-0.4, -0.2) is 45.3 Å². The molecule has 0 amide bonds. The van der Waals surface area contributed by atoms with E-state index < -0.39 is 18.3 Å². The summed E-state index contributed by atoms with van der Waals surface area (Å²) in [6.07, 6.45) is -2.57. The van der Waals surface area contributed by atoms with Crippen LogP contribution in [0.5, 0.6) is 0 Å². The van der Waals surface area contributed by atoms with Gasteiger partial charge < -0.3 is 20.4 Å². The standard InChI is InChI=1S/C9H20O4/c1-6(2)5-8(12)9(13)7(11)3-4-10/h6-13H,3-5H2,1-2H3/t7-,8-,9-/m1/s1. The van der Waals surface area contributed by atoms with Crippen LogP contribution in [0, 0.1) is 5.92 Å². The van der Waals surface area contributed by atoms with Crippen LogP contribution in [0.1, 0.15) is 26.7 Å². The molecule has 0 saturated heterocycles. The normalized spacial score (nSPS) is 18.7. The van der Waals surface area contributed by atoms with Gasteiger partial charge in [-0.05, 0) is 18.8 Å². The Labute approximate surface area is 78.8 Å². The third kappa shape index (κ3) is 5.21. The Morgan fingerprint density at radius 3 is 1.92 bits per heavy atom. The molecule has 0 rings (SSSR count). The van der Waals surface area contributed by atoms with Gasteiger partial charge in [-0.2, -0.15) is 0 Å². The molecule has 0 fully saturated rings. The zero-order chi connectivity index (χ0) is 10.4. The van der Waals surface area contributed by atoms with Gasteiger partial charge in [0.1, 0.15) is 6.10 Å². The zero-order valence-corrected chi connectivity index (χ0v) is 8.22. The van der Waals surface area contributed by atoms with Gasteiger partial charge in [0.15, 0.2) is 0 Å². The van der Waals surface area contributed by atoms with Crippen molar-refractivity contribution in [2.45, 2.75) is 45.0 Å². The molecule has 4 heteroatoms. The van der Waals surface area contributed by atoms with Crippen molar-refractivity contribution in [3.05, 3.63) is 0 Å². The van der Waals surface area contributed by atoms with Crippen molar-refractivity contribution >= 4 is 0 Å². The Hall–Kier alpha value is -0.160. The lowest BCUT2D eigenvalue weighted by molar-refractivity contribution is -0.0713. The van der Waals surface area contributed by atoms with Crippen molar-refractivity contribution in [3.8, 4) is 0 Å². The lowest BCUT2D eigenvalue weighted by Crippen LogP contribution is -2.38. The molecular weight excluding hydrogens is 172 g/mol. The minimum Gasteiger partial charge on any atom is -0.396 e. The topological polar surface area (TPSA) is 80.9 Å². The first-order valence-electron chi connectivity index (χ1n) is 4.64. The molecule has 0 aliphatic heterocycles. The fraction of sp³-hybridized carbons (Fsp3) is 1.00. The summed E-state index contributed by atoms with van der Waals surface area (Å²) in [4.78, 5) is 0. The van der Waals surface area contributed by atoms with Crippen molar-refractivity contribution in [3.63, 3.8) is 0 Å². The van der Waals surface area contributed by atoms with E-state index in [-0.39, 0.29) is 18.9 Å². The van der Waals surface area contributed by atoms with E-state index in [1.54, 1.807) is 0 Å². The molecule has 13 heavy (non-hydrogen) atoms. The zero-order valence-electron chi connectivity index (χ0n) is 8.22. The monoisotopic (exact) mass is 192 g/mol. The molecule has 80 valence electrons. The first-order chi connectivity index (χ1) is 5.99. The second kappa shape index (κ2) is 6.32. The van der Waals surface area contributed by atoms with E-state index in [1.807, 2.05) is 13.8 Å². The molecule has 0 aliphatic rings. The molecule has 0 heterocycles. The number of rotatable bonds is 6. The number of hydrogen-bond donors (Lipinski definition) is 4. The van der Waals surface area contributed by atoms with Gasteiger partial charge in [0.25, 0.3) is 0 Å². The van der Waals surface area contributed by atoms with E-state index in [0.29, 0.717) is 6.42 Å². The van der Waals surface area contributed by atoms with E-state index in [2.05, 4.69) is 0 Å². The summed E-state index contributed by atoms with van der Waals surface area (Å²) >= 11 is 0. The SMILES string of the molecule is CC(C)C[C@@H](O)[C@H](O)[C@H](O)CCO. The molecular formula is C9H20O4. The lowest BCUT2D eigenvalue weighted by Gasteiger charge is -2.23. The highest BCUT2D eigenvalue weighted by atomic mass is 16.4. The molecule has 0 bridgehead atoms. The third-order valence-corrected chi connectivity index (χ3v) is 1.93. The first kappa shape index (κ1) is 12.8. The minimum absolute atomic E-state index is 0.0936. The predicted molar refractivity (Wildman–Crippen MR) is 49.2 cm³/mol. The molecule has 3 atom stereocenters. The fourth-order valence-corrected chi connectivity index (χ4v) is 1.18. The number of aliphatic hydroxyl groups is 4. The molecule has 0 aromatic heterocycles. The van der Waals surface area contributed by atoms with Crippen molar-refractivity contribution in [1.29, 1.82) is 0 Å². The predicted octanol–water partition coefficient (Wildman–Crippen LogP) is -0.502. The van der Waals surface area contributed by atoms with Crippen molar-refractivity contribution in [2.24, 2.45) is 5.92 Å². The summed E-state index contributed by atoms with van der Waals surface area (Å²) < 4.78 is 0. The van der Waals surface area contributed by atoms with Gasteiger partial charge in [-0.25, -0.2) is 0 Å². The summed E-state index contributed by atoms with van der Waals surface area (Å²) in [7, 11) is 0. The molecule has 0 aromatic carbocycles. The Morgan fingerprint density at radius 1 is 1.00 bits per heavy atom. The average Bonchev–Trinajstić information content (AvgIpc) is 2.02. The molecule has 0 radical (unpaired) electrons. The van der Waals surface area contributed by atoms with E-state index in [0.717, 1.165) is 0 Å². The van der Waals surface area contributed by atoms with Gasteiger partial charge in [0.05, 0.1) is 12.2 Å². The maximum Gasteiger partial charge on any atom is 0.106 e. The van der Waals surface area contributed by atoms with Crippen LogP contribution in [0.15, 0.2) is 0 Å². The summed E-state index contributed by atoms with van der Waals surface area (Å²) in [5, 5.41) is 36.5. The van der Waals surface area contributed by atoms with Gasteiger partial charge in [-0.15, -0.1) is 0 Å². The molecule has 0 unspecified atom stereocenters. The van der Waals surface area contributed by atoms with Gasteiger partial charge in [0, 0.05) is 6.61 Å². The second-order valence-corrected chi connectivity index (χ2v) is 3.77. The van der Waals surface area contributed by atoms with Crippen LogP contribution >= 0.6 is 0 Å². The van der Waals surface area contributed by atoms with Crippen LogP contribution in [-0.2, 0) is 0 Å². The highest BCUT2D eigenvalue weighted by molar-refractivity contribution is 4.75. The Bertz CT molecular complexity index is 127. The highest BCUT2D eigenvalue weighted by Crippen LogP contribution is 2.12. The quantitative estimate of drug-likeness (QED) is 0.457. The third-order valence-electron chi connectivity index (χ3n) is 1.93. The molecule has 0 saturated carbocycles. The molecule has 0 spiro atoms. The minimum atomic E-state index is -1.16. The van der Waals surface area contributed by atoms with E-state index in [4.69, 9.17) is 5.11 Å². The van der Waals surface area contributed by atoms with Crippen LogP contribution in [0.25, 0.3) is 0 Å². The number of aliphatic hydroxyl groups excluding tert-OH is 4. The summed E-state index contributed by atoms with van der Waals surface area (Å²) in [5.41, 5.74) is 0. The van der Waals surface area contributed by atoms with Gasteiger partial charge in [-0.1, -0.05) is 13.8 Å². The van der Waals surface area contributed by atoms with E-state index >= 15 is 0 Å².